The standard InChI is InChI=1S/C26H30N8O3/c1-17-23(37-20-10-6-9-19(13-20)25(35)36)12-11-21(29-17)24-22(33(2)32-30-24)14-27-26-28-16-34(31-26)15-18-7-4-3-5-8-18/h3-5,7-8,11-12,16,19-20H,6,9-10,13-15H2,1-2H3,(H,27,31)(H,35,36)/t19-,20-/m0/s1. The molecule has 1 aliphatic carbocycles. The highest BCUT2D eigenvalue weighted by Gasteiger charge is 2.28. The summed E-state index contributed by atoms with van der Waals surface area (Å²) < 4.78 is 9.64. The fourth-order valence-electron chi connectivity index (χ4n) is 4.62. The number of hydrogen-bond donors (Lipinski definition) is 2. The monoisotopic (exact) mass is 502 g/mol. The van der Waals surface area contributed by atoms with Gasteiger partial charge in [0.2, 0.25) is 5.95 Å². The van der Waals surface area contributed by atoms with Crippen molar-refractivity contribution in [2.45, 2.75) is 51.8 Å². The highest BCUT2D eigenvalue weighted by molar-refractivity contribution is 5.70. The number of hydrogen-bond acceptors (Lipinski definition) is 8. The number of benzene rings is 1. The Morgan fingerprint density at radius 2 is 2.03 bits per heavy atom. The summed E-state index contributed by atoms with van der Waals surface area (Å²) >= 11 is 0. The van der Waals surface area contributed by atoms with Gasteiger partial charge in [-0.3, -0.25) is 4.79 Å². The predicted molar refractivity (Wildman–Crippen MR) is 136 cm³/mol. The number of ether oxygens (including phenoxy) is 1. The van der Waals surface area contributed by atoms with Crippen LogP contribution in [-0.4, -0.2) is 51.9 Å². The normalized spacial score (nSPS) is 17.5. The van der Waals surface area contributed by atoms with Crippen molar-refractivity contribution in [3.05, 3.63) is 65.7 Å². The number of nitrogens with one attached hydrogen (secondary N) is 1. The molecule has 1 fully saturated rings. The molecule has 4 aromatic rings. The third kappa shape index (κ3) is 5.76. The number of aliphatic carboxylic acids is 1. The maximum absolute atomic E-state index is 11.4. The summed E-state index contributed by atoms with van der Waals surface area (Å²) in [7, 11) is 1.83. The molecular formula is C26H30N8O3. The lowest BCUT2D eigenvalue weighted by Gasteiger charge is -2.27. The fraction of sp³-hybridized carbons (Fsp3) is 0.385. The Hall–Kier alpha value is -4.28. The van der Waals surface area contributed by atoms with Crippen LogP contribution in [0.2, 0.25) is 0 Å². The summed E-state index contributed by atoms with van der Waals surface area (Å²) in [5.41, 5.74) is 4.06. The van der Waals surface area contributed by atoms with Crippen LogP contribution in [0.4, 0.5) is 5.95 Å². The number of rotatable bonds is 9. The topological polar surface area (TPSA) is 133 Å². The summed E-state index contributed by atoms with van der Waals surface area (Å²) in [5.74, 6) is 0.0836. The first kappa shape index (κ1) is 24.4. The van der Waals surface area contributed by atoms with Crippen LogP contribution in [0, 0.1) is 12.8 Å². The van der Waals surface area contributed by atoms with E-state index in [4.69, 9.17) is 9.72 Å². The Bertz CT molecular complexity index is 1370. The molecular weight excluding hydrogens is 472 g/mol. The van der Waals surface area contributed by atoms with Crippen LogP contribution >= 0.6 is 0 Å². The van der Waals surface area contributed by atoms with Gasteiger partial charge in [-0.05, 0) is 50.3 Å². The molecule has 192 valence electrons. The van der Waals surface area contributed by atoms with E-state index in [0.717, 1.165) is 29.8 Å². The third-order valence-electron chi connectivity index (χ3n) is 6.63. The zero-order valence-corrected chi connectivity index (χ0v) is 20.9. The minimum atomic E-state index is -0.750. The molecule has 11 nitrogen and oxygen atoms in total. The third-order valence-corrected chi connectivity index (χ3v) is 6.63. The average molecular weight is 503 g/mol. The van der Waals surface area contributed by atoms with Crippen molar-refractivity contribution in [1.29, 1.82) is 0 Å². The van der Waals surface area contributed by atoms with Gasteiger partial charge in [-0.15, -0.1) is 10.2 Å². The maximum Gasteiger partial charge on any atom is 0.306 e. The molecule has 5 rings (SSSR count). The van der Waals surface area contributed by atoms with Gasteiger partial charge < -0.3 is 15.2 Å². The second kappa shape index (κ2) is 10.8. The minimum absolute atomic E-state index is 0.119. The maximum atomic E-state index is 11.4. The van der Waals surface area contributed by atoms with Crippen LogP contribution in [0.1, 0.15) is 42.6 Å². The van der Waals surface area contributed by atoms with Crippen LogP contribution in [0.5, 0.6) is 5.75 Å². The Balaban J connectivity index is 1.25. The van der Waals surface area contributed by atoms with Gasteiger partial charge in [-0.2, -0.15) is 0 Å². The summed E-state index contributed by atoms with van der Waals surface area (Å²) in [4.78, 5) is 20.5. The molecule has 0 radical (unpaired) electrons. The molecule has 0 saturated heterocycles. The number of carbonyl (C=O) groups is 1. The van der Waals surface area contributed by atoms with Crippen LogP contribution < -0.4 is 10.1 Å². The first-order chi connectivity index (χ1) is 18.0. The van der Waals surface area contributed by atoms with Crippen molar-refractivity contribution in [3.8, 4) is 17.1 Å². The number of anilines is 1. The molecule has 1 aliphatic rings. The molecule has 11 heteroatoms. The molecule has 3 aromatic heterocycles. The lowest BCUT2D eigenvalue weighted by atomic mass is 9.87. The Labute approximate surface area is 214 Å². The summed E-state index contributed by atoms with van der Waals surface area (Å²) in [6, 6.07) is 13.8. The number of nitrogens with zero attached hydrogens (tertiary/aromatic N) is 7. The zero-order valence-electron chi connectivity index (χ0n) is 20.9. The summed E-state index contributed by atoms with van der Waals surface area (Å²) in [6.45, 7) is 2.95. The van der Waals surface area contributed by atoms with E-state index in [-0.39, 0.29) is 12.0 Å². The summed E-state index contributed by atoms with van der Waals surface area (Å²) in [6.07, 6.45) is 4.50. The van der Waals surface area contributed by atoms with E-state index in [2.05, 4.69) is 37.8 Å². The van der Waals surface area contributed by atoms with Gasteiger partial charge in [0.1, 0.15) is 17.8 Å². The van der Waals surface area contributed by atoms with Crippen LogP contribution in [0.15, 0.2) is 48.8 Å². The number of carboxylic acid groups (broad SMARTS) is 1. The van der Waals surface area contributed by atoms with Crippen molar-refractivity contribution < 1.29 is 14.6 Å². The molecule has 0 spiro atoms. The molecule has 1 saturated carbocycles. The van der Waals surface area contributed by atoms with Crippen molar-refractivity contribution in [1.82, 2.24) is 34.7 Å². The smallest absolute Gasteiger partial charge is 0.306 e. The van der Waals surface area contributed by atoms with Gasteiger partial charge in [-0.25, -0.2) is 19.3 Å². The summed E-state index contributed by atoms with van der Waals surface area (Å²) in [5, 5.41) is 25.6. The quantitative estimate of drug-likeness (QED) is 0.353. The molecule has 0 aliphatic heterocycles. The Morgan fingerprint density at radius 1 is 1.19 bits per heavy atom. The molecule has 1 aromatic carbocycles. The van der Waals surface area contributed by atoms with Gasteiger partial charge in [0.25, 0.3) is 0 Å². The highest BCUT2D eigenvalue weighted by Crippen LogP contribution is 2.30. The van der Waals surface area contributed by atoms with Crippen molar-refractivity contribution in [2.75, 3.05) is 5.32 Å². The fourth-order valence-corrected chi connectivity index (χ4v) is 4.62. The van der Waals surface area contributed by atoms with Crippen LogP contribution in [-0.2, 0) is 24.9 Å². The van der Waals surface area contributed by atoms with E-state index in [9.17, 15) is 9.90 Å². The van der Waals surface area contributed by atoms with E-state index in [1.165, 1.54) is 0 Å². The van der Waals surface area contributed by atoms with Crippen LogP contribution in [0.25, 0.3) is 11.4 Å². The van der Waals surface area contributed by atoms with Crippen molar-refractivity contribution >= 4 is 11.9 Å². The Kier molecular flexibility index (Phi) is 7.11. The lowest BCUT2D eigenvalue weighted by Crippen LogP contribution is -2.29. The number of pyridine rings is 1. The van der Waals surface area contributed by atoms with Gasteiger partial charge in [0, 0.05) is 7.05 Å². The predicted octanol–water partition coefficient (Wildman–Crippen LogP) is 3.46. The second-order valence-corrected chi connectivity index (χ2v) is 9.33. The first-order valence-electron chi connectivity index (χ1n) is 12.4. The first-order valence-corrected chi connectivity index (χ1v) is 12.4. The van der Waals surface area contributed by atoms with Gasteiger partial charge in [-0.1, -0.05) is 35.5 Å². The van der Waals surface area contributed by atoms with Gasteiger partial charge >= 0.3 is 5.97 Å². The SMILES string of the molecule is Cc1nc(-c2nnn(C)c2CNc2ncn(Cc3ccccc3)n2)ccc1O[C@H]1CCC[C@H](C(=O)O)C1. The van der Waals surface area contributed by atoms with Gasteiger partial charge in [0.15, 0.2) is 0 Å². The average Bonchev–Trinajstić information content (AvgIpc) is 3.50. The molecule has 0 bridgehead atoms. The molecule has 3 heterocycles. The van der Waals surface area contributed by atoms with Crippen molar-refractivity contribution in [2.24, 2.45) is 13.0 Å². The van der Waals surface area contributed by atoms with E-state index < -0.39 is 5.97 Å². The van der Waals surface area contributed by atoms with Gasteiger partial charge in [0.05, 0.1) is 42.2 Å². The van der Waals surface area contributed by atoms with E-state index in [0.29, 0.717) is 49.0 Å². The lowest BCUT2D eigenvalue weighted by molar-refractivity contribution is -0.143. The number of aryl methyl sites for hydroxylation is 2. The highest BCUT2D eigenvalue weighted by atomic mass is 16.5. The largest absolute Gasteiger partial charge is 0.489 e. The molecule has 0 unspecified atom stereocenters. The minimum Gasteiger partial charge on any atom is -0.489 e. The molecule has 2 N–H and O–H groups in total. The molecule has 37 heavy (non-hydrogen) atoms. The number of carboxylic acids is 1. The molecule has 0 amide bonds. The van der Waals surface area contributed by atoms with E-state index >= 15 is 0 Å². The zero-order chi connectivity index (χ0) is 25.8. The molecule has 2 atom stereocenters. The number of aromatic nitrogens is 7. The van der Waals surface area contributed by atoms with E-state index in [1.54, 1.807) is 15.7 Å². The van der Waals surface area contributed by atoms with Crippen molar-refractivity contribution in [3.63, 3.8) is 0 Å². The second-order valence-electron chi connectivity index (χ2n) is 9.33. The van der Waals surface area contributed by atoms with Crippen LogP contribution in [0.3, 0.4) is 0 Å². The Morgan fingerprint density at radius 3 is 2.81 bits per heavy atom. The van der Waals surface area contributed by atoms with E-state index in [1.807, 2.05) is 44.3 Å².